The Morgan fingerprint density at radius 2 is 1.51 bits per heavy atom. The van der Waals surface area contributed by atoms with Crippen LogP contribution in [0.5, 0.6) is 0 Å². The summed E-state index contributed by atoms with van der Waals surface area (Å²) in [6.07, 6.45) is 3.79. The number of Topliss-reactive ketones (excluding diaryl/α,β-unsaturated/α-hetero) is 1. The molecule has 35 heavy (non-hydrogen) atoms. The third-order valence-corrected chi connectivity index (χ3v) is 7.32. The zero-order chi connectivity index (χ0) is 24.9. The van der Waals surface area contributed by atoms with Crippen LogP contribution in [0.2, 0.25) is 0 Å². The highest BCUT2D eigenvalue weighted by atomic mass is 16.6. The van der Waals surface area contributed by atoms with Crippen LogP contribution in [0.25, 0.3) is 0 Å². The zero-order valence-electron chi connectivity index (χ0n) is 20.7. The van der Waals surface area contributed by atoms with Crippen molar-refractivity contribution in [1.29, 1.82) is 0 Å². The molecule has 2 aromatic rings. The summed E-state index contributed by atoms with van der Waals surface area (Å²) >= 11 is 0. The number of nitro groups is 1. The second-order valence-electron chi connectivity index (χ2n) is 10.3. The van der Waals surface area contributed by atoms with Crippen LogP contribution in [0.1, 0.15) is 55.5 Å². The number of carbonyl (C=O) groups is 2. The maximum Gasteiger partial charge on any atom is 0.292 e. The Kier molecular flexibility index (Phi) is 7.83. The number of nitro benzene ring substituents is 1. The van der Waals surface area contributed by atoms with E-state index in [1.165, 1.54) is 11.6 Å². The summed E-state index contributed by atoms with van der Waals surface area (Å²) < 4.78 is 0. The first kappa shape index (κ1) is 24.9. The van der Waals surface area contributed by atoms with Crippen LogP contribution >= 0.6 is 0 Å². The number of carbonyl (C=O) groups excluding carboxylic acids is 2. The topological polar surface area (TPSA) is 83.8 Å². The summed E-state index contributed by atoms with van der Waals surface area (Å²) in [7, 11) is 0. The van der Waals surface area contributed by atoms with Crippen LogP contribution in [-0.4, -0.2) is 47.7 Å². The largest absolute Gasteiger partial charge is 0.366 e. The molecule has 0 N–H and O–H groups in total. The molecular weight excluding hydrogens is 442 g/mol. The lowest BCUT2D eigenvalue weighted by molar-refractivity contribution is -0.384. The molecule has 0 bridgehead atoms. The highest BCUT2D eigenvalue weighted by Crippen LogP contribution is 2.32. The molecule has 7 nitrogen and oxygen atoms in total. The van der Waals surface area contributed by atoms with Crippen molar-refractivity contribution in [3.63, 3.8) is 0 Å². The fraction of sp³-hybridized carbons (Fsp3) is 0.500. The van der Waals surface area contributed by atoms with Crippen molar-refractivity contribution in [3.8, 4) is 0 Å². The van der Waals surface area contributed by atoms with Gasteiger partial charge in [-0.3, -0.25) is 19.7 Å². The molecule has 0 spiro atoms. The molecule has 0 aliphatic carbocycles. The first-order valence-electron chi connectivity index (χ1n) is 12.7. The van der Waals surface area contributed by atoms with E-state index in [0.29, 0.717) is 63.5 Å². The summed E-state index contributed by atoms with van der Waals surface area (Å²) in [6.45, 7) is 6.86. The SMILES string of the molecule is CC(C)Cc1ccc(C(=O)C2CCN(C(=O)C3CCN(c4ccccc4[N+](=O)[O-])CC3)CC2)cc1. The van der Waals surface area contributed by atoms with Gasteiger partial charge >= 0.3 is 0 Å². The molecule has 2 aliphatic rings. The number of hydrogen-bond acceptors (Lipinski definition) is 5. The minimum absolute atomic E-state index is 0.0320. The minimum Gasteiger partial charge on any atom is -0.366 e. The molecular formula is C28H35N3O4. The fourth-order valence-corrected chi connectivity index (χ4v) is 5.39. The molecule has 2 aliphatic heterocycles. The molecule has 0 aromatic heterocycles. The Morgan fingerprint density at radius 3 is 2.11 bits per heavy atom. The summed E-state index contributed by atoms with van der Waals surface area (Å²) in [5, 5.41) is 11.4. The highest BCUT2D eigenvalue weighted by molar-refractivity contribution is 5.98. The number of benzene rings is 2. The van der Waals surface area contributed by atoms with Gasteiger partial charge in [-0.1, -0.05) is 50.2 Å². The van der Waals surface area contributed by atoms with Crippen molar-refractivity contribution in [2.24, 2.45) is 17.8 Å². The Labute approximate surface area is 207 Å². The lowest BCUT2D eigenvalue weighted by atomic mass is 9.87. The summed E-state index contributed by atoms with van der Waals surface area (Å²) in [6, 6.07) is 14.8. The lowest BCUT2D eigenvalue weighted by Crippen LogP contribution is -2.46. The molecule has 7 heteroatoms. The van der Waals surface area contributed by atoms with Crippen molar-refractivity contribution < 1.29 is 14.5 Å². The number of piperidine rings is 2. The molecule has 4 rings (SSSR count). The zero-order valence-corrected chi connectivity index (χ0v) is 20.7. The predicted octanol–water partition coefficient (Wildman–Crippen LogP) is 5.13. The van der Waals surface area contributed by atoms with Gasteiger partial charge in [-0.15, -0.1) is 0 Å². The van der Waals surface area contributed by atoms with Crippen LogP contribution in [0.4, 0.5) is 11.4 Å². The van der Waals surface area contributed by atoms with Crippen molar-refractivity contribution in [2.75, 3.05) is 31.1 Å². The van der Waals surface area contributed by atoms with Gasteiger partial charge in [0.05, 0.1) is 4.92 Å². The number of hydrogen-bond donors (Lipinski definition) is 0. The monoisotopic (exact) mass is 477 g/mol. The second kappa shape index (κ2) is 11.0. The predicted molar refractivity (Wildman–Crippen MR) is 137 cm³/mol. The van der Waals surface area contributed by atoms with Gasteiger partial charge in [-0.05, 0) is 49.7 Å². The van der Waals surface area contributed by atoms with Gasteiger partial charge in [0.2, 0.25) is 5.91 Å². The van der Waals surface area contributed by atoms with Gasteiger partial charge < -0.3 is 9.80 Å². The van der Waals surface area contributed by atoms with E-state index in [9.17, 15) is 19.7 Å². The molecule has 2 aromatic carbocycles. The average Bonchev–Trinajstić information content (AvgIpc) is 2.88. The van der Waals surface area contributed by atoms with E-state index < -0.39 is 0 Å². The summed E-state index contributed by atoms with van der Waals surface area (Å²) in [4.78, 5) is 41.1. The Bertz CT molecular complexity index is 1050. The lowest BCUT2D eigenvalue weighted by Gasteiger charge is -2.37. The second-order valence-corrected chi connectivity index (χ2v) is 10.3. The molecule has 0 unspecified atom stereocenters. The van der Waals surface area contributed by atoms with Crippen LogP contribution in [0.15, 0.2) is 48.5 Å². The number of para-hydroxylation sites is 2. The van der Waals surface area contributed by atoms with E-state index in [1.54, 1.807) is 12.1 Å². The number of ketones is 1. The van der Waals surface area contributed by atoms with E-state index in [0.717, 1.165) is 12.0 Å². The minimum atomic E-state index is -0.349. The Hall–Kier alpha value is -3.22. The Balaban J connectivity index is 1.27. The molecule has 1 amide bonds. The molecule has 2 saturated heterocycles. The van der Waals surface area contributed by atoms with Crippen LogP contribution < -0.4 is 4.90 Å². The van der Waals surface area contributed by atoms with Gasteiger partial charge in [0.25, 0.3) is 5.69 Å². The molecule has 186 valence electrons. The number of nitrogens with zero attached hydrogens (tertiary/aromatic N) is 3. The number of amides is 1. The van der Waals surface area contributed by atoms with Crippen LogP contribution in [0, 0.1) is 27.9 Å². The standard InChI is InChI=1S/C28H35N3O4/c1-20(2)19-21-7-9-22(10-8-21)27(32)23-11-17-30(18-12-23)28(33)24-13-15-29(16-14-24)25-5-3-4-6-26(25)31(34)35/h3-10,20,23-24H,11-19H2,1-2H3. The number of likely N-dealkylation sites (tertiary alicyclic amines) is 1. The maximum absolute atomic E-state index is 13.2. The van der Waals surface area contributed by atoms with Crippen molar-refractivity contribution >= 4 is 23.1 Å². The summed E-state index contributed by atoms with van der Waals surface area (Å²) in [5.74, 6) is 0.842. The van der Waals surface area contributed by atoms with Crippen molar-refractivity contribution in [2.45, 2.75) is 46.0 Å². The smallest absolute Gasteiger partial charge is 0.292 e. The van der Waals surface area contributed by atoms with E-state index in [4.69, 9.17) is 0 Å². The van der Waals surface area contributed by atoms with E-state index >= 15 is 0 Å². The van der Waals surface area contributed by atoms with Gasteiger partial charge in [0.15, 0.2) is 5.78 Å². The van der Waals surface area contributed by atoms with Crippen molar-refractivity contribution in [1.82, 2.24) is 4.90 Å². The Morgan fingerprint density at radius 1 is 0.914 bits per heavy atom. The third kappa shape index (κ3) is 5.89. The molecule has 2 fully saturated rings. The van der Waals surface area contributed by atoms with Gasteiger partial charge in [-0.2, -0.15) is 0 Å². The summed E-state index contributed by atoms with van der Waals surface area (Å²) in [5.41, 5.74) is 2.76. The highest BCUT2D eigenvalue weighted by Gasteiger charge is 2.33. The number of rotatable bonds is 7. The van der Waals surface area contributed by atoms with E-state index in [-0.39, 0.29) is 34.1 Å². The average molecular weight is 478 g/mol. The maximum atomic E-state index is 13.2. The molecule has 0 radical (unpaired) electrons. The fourth-order valence-electron chi connectivity index (χ4n) is 5.39. The number of anilines is 1. The van der Waals surface area contributed by atoms with Gasteiger partial charge in [0.1, 0.15) is 5.69 Å². The van der Waals surface area contributed by atoms with Crippen molar-refractivity contribution in [3.05, 3.63) is 69.8 Å². The molecule has 0 atom stereocenters. The van der Waals surface area contributed by atoms with Gasteiger partial charge in [0, 0.05) is 49.6 Å². The first-order valence-corrected chi connectivity index (χ1v) is 12.7. The first-order chi connectivity index (χ1) is 16.8. The quantitative estimate of drug-likeness (QED) is 0.314. The van der Waals surface area contributed by atoms with Crippen LogP contribution in [-0.2, 0) is 11.2 Å². The van der Waals surface area contributed by atoms with Gasteiger partial charge in [-0.25, -0.2) is 0 Å². The molecule has 0 saturated carbocycles. The van der Waals surface area contributed by atoms with Crippen LogP contribution in [0.3, 0.4) is 0 Å². The van der Waals surface area contributed by atoms with E-state index in [2.05, 4.69) is 26.0 Å². The van der Waals surface area contributed by atoms with E-state index in [1.807, 2.05) is 28.0 Å². The third-order valence-electron chi connectivity index (χ3n) is 7.32. The normalized spacial score (nSPS) is 17.6. The molecule has 2 heterocycles.